The highest BCUT2D eigenvalue weighted by atomic mass is 32.1. The van der Waals surface area contributed by atoms with Crippen molar-refractivity contribution in [2.75, 3.05) is 7.11 Å². The molecule has 0 radical (unpaired) electrons. The summed E-state index contributed by atoms with van der Waals surface area (Å²) >= 11 is 1.72. The van der Waals surface area contributed by atoms with E-state index in [0.717, 1.165) is 28.4 Å². The average Bonchev–Trinajstić information content (AvgIpc) is 2.83. The van der Waals surface area contributed by atoms with Crippen LogP contribution in [0.4, 0.5) is 0 Å². The standard InChI is InChI=1S/C17H24N2OS/c1-11(18)15-16(17(2,3)4)19-14(21-15)10-12-8-6-7-9-13(12)20-5/h6-9,11H,10,18H2,1-5H3. The van der Waals surface area contributed by atoms with Crippen LogP contribution in [0.25, 0.3) is 0 Å². The minimum Gasteiger partial charge on any atom is -0.496 e. The molecule has 0 saturated carbocycles. The third-order valence-corrected chi connectivity index (χ3v) is 4.61. The smallest absolute Gasteiger partial charge is 0.122 e. The Labute approximate surface area is 131 Å². The maximum absolute atomic E-state index is 6.12. The number of benzene rings is 1. The Kier molecular flexibility index (Phi) is 4.69. The van der Waals surface area contributed by atoms with Crippen molar-refractivity contribution in [2.45, 2.75) is 45.6 Å². The fraction of sp³-hybridized carbons (Fsp3) is 0.471. The lowest BCUT2D eigenvalue weighted by Gasteiger charge is -2.18. The summed E-state index contributed by atoms with van der Waals surface area (Å²) in [5.74, 6) is 0.910. The average molecular weight is 304 g/mol. The topological polar surface area (TPSA) is 48.1 Å². The van der Waals surface area contributed by atoms with Gasteiger partial charge in [0.15, 0.2) is 0 Å². The molecule has 0 spiro atoms. The summed E-state index contributed by atoms with van der Waals surface area (Å²) in [6.45, 7) is 8.57. The van der Waals surface area contributed by atoms with E-state index in [4.69, 9.17) is 15.5 Å². The summed E-state index contributed by atoms with van der Waals surface area (Å²) < 4.78 is 5.42. The van der Waals surface area contributed by atoms with Gasteiger partial charge in [0.05, 0.1) is 17.8 Å². The first-order chi connectivity index (χ1) is 9.82. The fourth-order valence-corrected chi connectivity index (χ4v) is 3.56. The van der Waals surface area contributed by atoms with Gasteiger partial charge in [-0.2, -0.15) is 0 Å². The van der Waals surface area contributed by atoms with Crippen molar-refractivity contribution in [3.05, 3.63) is 45.4 Å². The summed E-state index contributed by atoms with van der Waals surface area (Å²) in [4.78, 5) is 6.04. The molecule has 2 aromatic rings. The molecule has 0 saturated heterocycles. The fourth-order valence-electron chi connectivity index (χ4n) is 2.31. The van der Waals surface area contributed by atoms with E-state index in [9.17, 15) is 0 Å². The molecule has 3 nitrogen and oxygen atoms in total. The van der Waals surface area contributed by atoms with E-state index in [-0.39, 0.29) is 11.5 Å². The first-order valence-electron chi connectivity index (χ1n) is 7.20. The normalized spacial score (nSPS) is 13.2. The summed E-state index contributed by atoms with van der Waals surface area (Å²) in [7, 11) is 1.70. The molecule has 1 unspecified atom stereocenters. The maximum atomic E-state index is 6.12. The van der Waals surface area contributed by atoms with E-state index in [0.29, 0.717) is 0 Å². The van der Waals surface area contributed by atoms with Crippen molar-refractivity contribution < 1.29 is 4.74 Å². The third kappa shape index (κ3) is 3.63. The molecule has 1 aromatic carbocycles. The van der Waals surface area contributed by atoms with Crippen molar-refractivity contribution in [1.82, 2.24) is 4.98 Å². The first kappa shape index (κ1) is 16.0. The Balaban J connectivity index is 2.37. The van der Waals surface area contributed by atoms with E-state index in [1.165, 1.54) is 4.88 Å². The van der Waals surface area contributed by atoms with Crippen LogP contribution in [0.5, 0.6) is 5.75 Å². The Morgan fingerprint density at radius 1 is 1.29 bits per heavy atom. The quantitative estimate of drug-likeness (QED) is 0.926. The largest absolute Gasteiger partial charge is 0.496 e. The zero-order chi connectivity index (χ0) is 15.6. The highest BCUT2D eigenvalue weighted by molar-refractivity contribution is 7.11. The van der Waals surface area contributed by atoms with Gasteiger partial charge in [-0.15, -0.1) is 11.3 Å². The Hall–Kier alpha value is -1.39. The molecule has 4 heteroatoms. The highest BCUT2D eigenvalue weighted by Crippen LogP contribution is 2.34. The third-order valence-electron chi connectivity index (χ3n) is 3.36. The summed E-state index contributed by atoms with van der Waals surface area (Å²) in [6.07, 6.45) is 0.782. The van der Waals surface area contributed by atoms with Gasteiger partial charge in [-0.05, 0) is 13.0 Å². The zero-order valence-corrected chi connectivity index (χ0v) is 14.3. The number of para-hydroxylation sites is 1. The van der Waals surface area contributed by atoms with Crippen LogP contribution < -0.4 is 10.5 Å². The second-order valence-electron chi connectivity index (χ2n) is 6.35. The van der Waals surface area contributed by atoms with Gasteiger partial charge in [-0.25, -0.2) is 4.98 Å². The lowest BCUT2D eigenvalue weighted by Crippen LogP contribution is -2.17. The molecule has 2 rings (SSSR count). The van der Waals surface area contributed by atoms with Crippen molar-refractivity contribution >= 4 is 11.3 Å². The number of rotatable bonds is 4. The minimum absolute atomic E-state index is 0.0124. The van der Waals surface area contributed by atoms with Gasteiger partial charge in [0.25, 0.3) is 0 Å². The molecule has 0 aliphatic carbocycles. The monoisotopic (exact) mass is 304 g/mol. The molecule has 0 aliphatic rings. The SMILES string of the molecule is COc1ccccc1Cc1nc(C(C)(C)C)c(C(C)N)s1. The molecule has 114 valence electrons. The molecular formula is C17H24N2OS. The van der Waals surface area contributed by atoms with Crippen LogP contribution in [-0.4, -0.2) is 12.1 Å². The summed E-state index contributed by atoms with van der Waals surface area (Å²) in [5, 5.41) is 1.09. The van der Waals surface area contributed by atoms with Crippen LogP contribution in [0.1, 0.15) is 54.9 Å². The number of hydrogen-bond donors (Lipinski definition) is 1. The summed E-state index contributed by atoms with van der Waals surface area (Å²) in [6, 6.07) is 8.10. The highest BCUT2D eigenvalue weighted by Gasteiger charge is 2.25. The van der Waals surface area contributed by atoms with Gasteiger partial charge in [-0.1, -0.05) is 39.0 Å². The van der Waals surface area contributed by atoms with E-state index < -0.39 is 0 Å². The van der Waals surface area contributed by atoms with Crippen LogP contribution in [0, 0.1) is 0 Å². The lowest BCUT2D eigenvalue weighted by molar-refractivity contribution is 0.410. The van der Waals surface area contributed by atoms with Gasteiger partial charge in [0, 0.05) is 28.3 Å². The van der Waals surface area contributed by atoms with Crippen molar-refractivity contribution in [3.63, 3.8) is 0 Å². The zero-order valence-electron chi connectivity index (χ0n) is 13.4. The van der Waals surface area contributed by atoms with Gasteiger partial charge < -0.3 is 10.5 Å². The minimum atomic E-state index is 0.0124. The maximum Gasteiger partial charge on any atom is 0.122 e. The van der Waals surface area contributed by atoms with Crippen molar-refractivity contribution in [1.29, 1.82) is 0 Å². The van der Waals surface area contributed by atoms with E-state index >= 15 is 0 Å². The molecule has 0 bridgehead atoms. The number of ether oxygens (including phenoxy) is 1. The van der Waals surface area contributed by atoms with Crippen LogP contribution in [0.15, 0.2) is 24.3 Å². The van der Waals surface area contributed by atoms with Crippen LogP contribution in [0.3, 0.4) is 0 Å². The second kappa shape index (κ2) is 6.16. The van der Waals surface area contributed by atoms with Crippen LogP contribution >= 0.6 is 11.3 Å². The predicted molar refractivity (Wildman–Crippen MR) is 89.2 cm³/mol. The Morgan fingerprint density at radius 2 is 1.95 bits per heavy atom. The second-order valence-corrected chi connectivity index (χ2v) is 7.46. The van der Waals surface area contributed by atoms with Gasteiger partial charge in [-0.3, -0.25) is 0 Å². The molecule has 1 atom stereocenters. The van der Waals surface area contributed by atoms with Gasteiger partial charge in [0.2, 0.25) is 0 Å². The number of nitrogens with two attached hydrogens (primary N) is 1. The molecule has 0 aliphatic heterocycles. The van der Waals surface area contributed by atoms with E-state index in [1.54, 1.807) is 18.4 Å². The molecule has 0 amide bonds. The number of hydrogen-bond acceptors (Lipinski definition) is 4. The predicted octanol–water partition coefficient (Wildman–Crippen LogP) is 4.06. The molecule has 0 fully saturated rings. The lowest BCUT2D eigenvalue weighted by atomic mass is 9.90. The first-order valence-corrected chi connectivity index (χ1v) is 8.02. The van der Waals surface area contributed by atoms with Crippen LogP contribution in [-0.2, 0) is 11.8 Å². The number of thiazole rings is 1. The Bertz CT molecular complexity index is 611. The Morgan fingerprint density at radius 3 is 2.48 bits per heavy atom. The van der Waals surface area contributed by atoms with Crippen molar-refractivity contribution in [3.8, 4) is 5.75 Å². The molecule has 2 N–H and O–H groups in total. The number of nitrogens with zero attached hydrogens (tertiary/aromatic N) is 1. The van der Waals surface area contributed by atoms with E-state index in [2.05, 4.69) is 26.8 Å². The molecular weight excluding hydrogens is 280 g/mol. The van der Waals surface area contributed by atoms with Crippen molar-refractivity contribution in [2.24, 2.45) is 5.73 Å². The van der Waals surface area contributed by atoms with Gasteiger partial charge >= 0.3 is 0 Å². The summed E-state index contributed by atoms with van der Waals surface area (Å²) in [5.41, 5.74) is 8.41. The van der Waals surface area contributed by atoms with E-state index in [1.807, 2.05) is 25.1 Å². The van der Waals surface area contributed by atoms with Gasteiger partial charge in [0.1, 0.15) is 5.75 Å². The molecule has 21 heavy (non-hydrogen) atoms. The van der Waals surface area contributed by atoms with Crippen LogP contribution in [0.2, 0.25) is 0 Å². The number of methoxy groups -OCH3 is 1. The molecule has 1 aromatic heterocycles. The number of aromatic nitrogens is 1. The molecule has 1 heterocycles.